The van der Waals surface area contributed by atoms with E-state index in [4.69, 9.17) is 16.3 Å². The Morgan fingerprint density at radius 2 is 1.66 bits per heavy atom. The molecule has 3 rings (SSSR count). The zero-order valence-corrected chi connectivity index (χ0v) is 17.2. The molecule has 1 saturated carbocycles. The summed E-state index contributed by atoms with van der Waals surface area (Å²) in [5.41, 5.74) is 1.43. The van der Waals surface area contributed by atoms with Crippen molar-refractivity contribution in [3.63, 3.8) is 0 Å². The van der Waals surface area contributed by atoms with Gasteiger partial charge < -0.3 is 15.4 Å². The molecule has 2 N–H and O–H groups in total. The smallest absolute Gasteiger partial charge is 0.268 e. The van der Waals surface area contributed by atoms with E-state index in [1.807, 2.05) is 0 Å². The van der Waals surface area contributed by atoms with E-state index in [-0.39, 0.29) is 23.6 Å². The van der Waals surface area contributed by atoms with E-state index in [2.05, 4.69) is 10.6 Å². The minimum absolute atomic E-state index is 0.141. The first-order valence-electron chi connectivity index (χ1n) is 9.78. The highest BCUT2D eigenvalue weighted by atomic mass is 35.5. The molecule has 5 nitrogen and oxygen atoms in total. The van der Waals surface area contributed by atoms with Crippen LogP contribution in [0.3, 0.4) is 0 Å². The first kappa shape index (κ1) is 20.9. The highest BCUT2D eigenvalue weighted by Crippen LogP contribution is 2.18. The minimum Gasteiger partial charge on any atom is -0.497 e. The molecule has 0 bridgehead atoms. The number of hydrogen-bond donors (Lipinski definition) is 2. The molecular weight excluding hydrogens is 388 g/mol. The van der Waals surface area contributed by atoms with Crippen LogP contribution in [0.25, 0.3) is 6.08 Å². The molecule has 0 aliphatic heterocycles. The molecule has 0 saturated heterocycles. The molecule has 152 valence electrons. The Balaban J connectivity index is 1.79. The molecule has 6 heteroatoms. The number of nitrogens with one attached hydrogen (secondary N) is 2. The van der Waals surface area contributed by atoms with Crippen LogP contribution in [-0.2, 0) is 4.79 Å². The lowest BCUT2D eigenvalue weighted by atomic mass is 9.95. The summed E-state index contributed by atoms with van der Waals surface area (Å²) in [5.74, 6) is 0.0221. The number of benzene rings is 2. The van der Waals surface area contributed by atoms with E-state index in [1.165, 1.54) is 6.42 Å². The van der Waals surface area contributed by atoms with Crippen molar-refractivity contribution in [3.05, 3.63) is 70.4 Å². The van der Waals surface area contributed by atoms with Gasteiger partial charge in [0.2, 0.25) is 0 Å². The summed E-state index contributed by atoms with van der Waals surface area (Å²) < 4.78 is 5.12. The molecule has 1 fully saturated rings. The Hall–Kier alpha value is -2.79. The van der Waals surface area contributed by atoms with Gasteiger partial charge in [-0.25, -0.2) is 0 Å². The lowest BCUT2D eigenvalue weighted by Crippen LogP contribution is -2.41. The van der Waals surface area contributed by atoms with Crippen LogP contribution in [-0.4, -0.2) is 25.0 Å². The Morgan fingerprint density at radius 3 is 2.28 bits per heavy atom. The third-order valence-electron chi connectivity index (χ3n) is 4.97. The highest BCUT2D eigenvalue weighted by molar-refractivity contribution is 6.30. The summed E-state index contributed by atoms with van der Waals surface area (Å²) in [6, 6.07) is 14.0. The number of carbonyl (C=O) groups excluding carboxylic acids is 2. The van der Waals surface area contributed by atoms with Crippen molar-refractivity contribution < 1.29 is 14.3 Å². The molecule has 29 heavy (non-hydrogen) atoms. The summed E-state index contributed by atoms with van der Waals surface area (Å²) in [7, 11) is 1.57. The van der Waals surface area contributed by atoms with Crippen molar-refractivity contribution in [2.24, 2.45) is 0 Å². The van der Waals surface area contributed by atoms with Gasteiger partial charge >= 0.3 is 0 Å². The number of amides is 2. The number of rotatable bonds is 6. The molecule has 0 atom stereocenters. The van der Waals surface area contributed by atoms with Crippen LogP contribution in [0.1, 0.15) is 48.0 Å². The van der Waals surface area contributed by atoms with Crippen LogP contribution in [0, 0.1) is 0 Å². The van der Waals surface area contributed by atoms with Crippen molar-refractivity contribution in [1.82, 2.24) is 10.6 Å². The molecule has 0 radical (unpaired) electrons. The van der Waals surface area contributed by atoms with Crippen molar-refractivity contribution in [3.8, 4) is 5.75 Å². The van der Waals surface area contributed by atoms with Gasteiger partial charge in [-0.2, -0.15) is 0 Å². The van der Waals surface area contributed by atoms with Gasteiger partial charge in [-0.05, 0) is 60.9 Å². The summed E-state index contributed by atoms with van der Waals surface area (Å²) in [6.45, 7) is 0. The Labute approximate surface area is 176 Å². The first-order chi connectivity index (χ1) is 14.0. The molecule has 2 aromatic carbocycles. The average molecular weight is 413 g/mol. The average Bonchev–Trinajstić information content (AvgIpc) is 2.75. The third kappa shape index (κ3) is 6.09. The van der Waals surface area contributed by atoms with Gasteiger partial charge in [0, 0.05) is 16.6 Å². The van der Waals surface area contributed by atoms with Gasteiger partial charge in [-0.3, -0.25) is 9.59 Å². The highest BCUT2D eigenvalue weighted by Gasteiger charge is 2.20. The van der Waals surface area contributed by atoms with Gasteiger partial charge in [-0.15, -0.1) is 0 Å². The summed E-state index contributed by atoms with van der Waals surface area (Å²) in [5, 5.41) is 6.43. The fraction of sp³-hybridized carbons (Fsp3) is 0.304. The van der Waals surface area contributed by atoms with E-state index in [0.29, 0.717) is 16.3 Å². The molecule has 1 aliphatic rings. The number of methoxy groups -OCH3 is 1. The van der Waals surface area contributed by atoms with Gasteiger partial charge in [0.05, 0.1) is 7.11 Å². The zero-order chi connectivity index (χ0) is 20.6. The summed E-state index contributed by atoms with van der Waals surface area (Å²) in [6.07, 6.45) is 7.02. The predicted octanol–water partition coefficient (Wildman–Crippen LogP) is 4.57. The topological polar surface area (TPSA) is 67.4 Å². The van der Waals surface area contributed by atoms with Crippen LogP contribution in [0.4, 0.5) is 0 Å². The Bertz CT molecular complexity index is 870. The standard InChI is InChI=1S/C23H25ClN2O3/c1-29-20-13-9-17(10-14-20)22(27)26-21(15-16-7-11-18(24)12-8-16)23(28)25-19-5-3-2-4-6-19/h7-15,19H,2-6H2,1H3,(H,25,28)(H,26,27)/b21-15+. The number of hydrogen-bond acceptors (Lipinski definition) is 3. The second-order valence-corrected chi connectivity index (χ2v) is 7.54. The second kappa shape index (κ2) is 10.1. The third-order valence-corrected chi connectivity index (χ3v) is 5.22. The fourth-order valence-electron chi connectivity index (χ4n) is 3.33. The Morgan fingerprint density at radius 1 is 1.00 bits per heavy atom. The molecule has 1 aliphatic carbocycles. The van der Waals surface area contributed by atoms with Crippen LogP contribution < -0.4 is 15.4 Å². The molecule has 0 heterocycles. The fourth-order valence-corrected chi connectivity index (χ4v) is 3.46. The maximum atomic E-state index is 12.9. The normalized spacial score (nSPS) is 14.9. The molecule has 2 amide bonds. The van der Waals surface area contributed by atoms with E-state index in [9.17, 15) is 9.59 Å². The molecule has 0 spiro atoms. The van der Waals surface area contributed by atoms with Crippen molar-refractivity contribution in [2.75, 3.05) is 7.11 Å². The maximum absolute atomic E-state index is 12.9. The van der Waals surface area contributed by atoms with Crippen molar-refractivity contribution in [1.29, 1.82) is 0 Å². The molecular formula is C23H25ClN2O3. The quantitative estimate of drug-likeness (QED) is 0.683. The first-order valence-corrected chi connectivity index (χ1v) is 10.2. The number of ether oxygens (including phenoxy) is 1. The molecule has 2 aromatic rings. The van der Waals surface area contributed by atoms with Crippen LogP contribution >= 0.6 is 11.6 Å². The van der Waals surface area contributed by atoms with Gasteiger partial charge in [0.1, 0.15) is 11.4 Å². The van der Waals surface area contributed by atoms with Gasteiger partial charge in [0.15, 0.2) is 0 Å². The minimum atomic E-state index is -0.355. The van der Waals surface area contributed by atoms with Crippen LogP contribution in [0.5, 0.6) is 5.75 Å². The maximum Gasteiger partial charge on any atom is 0.268 e. The van der Waals surface area contributed by atoms with Gasteiger partial charge in [-0.1, -0.05) is 43.0 Å². The summed E-state index contributed by atoms with van der Waals surface area (Å²) >= 11 is 5.95. The van der Waals surface area contributed by atoms with E-state index in [1.54, 1.807) is 61.7 Å². The zero-order valence-electron chi connectivity index (χ0n) is 16.4. The van der Waals surface area contributed by atoms with E-state index in [0.717, 1.165) is 31.2 Å². The van der Waals surface area contributed by atoms with Gasteiger partial charge in [0.25, 0.3) is 11.8 Å². The van der Waals surface area contributed by atoms with E-state index < -0.39 is 0 Å². The Kier molecular flexibility index (Phi) is 7.30. The number of carbonyl (C=O) groups is 2. The summed E-state index contributed by atoms with van der Waals surface area (Å²) in [4.78, 5) is 25.6. The largest absolute Gasteiger partial charge is 0.497 e. The monoisotopic (exact) mass is 412 g/mol. The van der Waals surface area contributed by atoms with Crippen molar-refractivity contribution in [2.45, 2.75) is 38.1 Å². The van der Waals surface area contributed by atoms with E-state index >= 15 is 0 Å². The SMILES string of the molecule is COc1ccc(C(=O)N/C(=C/c2ccc(Cl)cc2)C(=O)NC2CCCCC2)cc1. The van der Waals surface area contributed by atoms with Crippen molar-refractivity contribution >= 4 is 29.5 Å². The molecule has 0 unspecified atom stereocenters. The van der Waals surface area contributed by atoms with Crippen LogP contribution in [0.15, 0.2) is 54.2 Å². The van der Waals surface area contributed by atoms with Crippen LogP contribution in [0.2, 0.25) is 5.02 Å². The predicted molar refractivity (Wildman–Crippen MR) is 115 cm³/mol. The lowest BCUT2D eigenvalue weighted by Gasteiger charge is -2.23. The second-order valence-electron chi connectivity index (χ2n) is 7.10. The number of halogens is 1. The lowest BCUT2D eigenvalue weighted by molar-refractivity contribution is -0.118. The molecule has 0 aromatic heterocycles.